The average Bonchev–Trinajstić information content (AvgIpc) is 3.14. The second-order valence-corrected chi connectivity index (χ2v) is 10.3. The van der Waals surface area contributed by atoms with Crippen LogP contribution in [0, 0.1) is 0 Å². The van der Waals surface area contributed by atoms with Crippen LogP contribution in [0.5, 0.6) is 0 Å². The minimum atomic E-state index is -3.62. The van der Waals surface area contributed by atoms with Crippen molar-refractivity contribution < 1.29 is 17.9 Å². The summed E-state index contributed by atoms with van der Waals surface area (Å²) in [7, 11) is -2.25. The third-order valence-electron chi connectivity index (χ3n) is 4.64. The highest BCUT2D eigenvalue weighted by atomic mass is 35.5. The first kappa shape index (κ1) is 23.4. The SMILES string of the molecule is COC(=O)CCc1sc(Cc2cccnc2)cc1CCNS(=O)(=O)c1ccc(Cl)cc1. The Morgan fingerprint density at radius 1 is 1.19 bits per heavy atom. The van der Waals surface area contributed by atoms with Crippen molar-refractivity contribution in [3.63, 3.8) is 0 Å². The van der Waals surface area contributed by atoms with Gasteiger partial charge in [-0.3, -0.25) is 9.78 Å². The molecule has 2 heterocycles. The topological polar surface area (TPSA) is 85.4 Å². The first-order chi connectivity index (χ1) is 14.9. The molecule has 1 N–H and O–H groups in total. The second-order valence-electron chi connectivity index (χ2n) is 6.88. The fourth-order valence-electron chi connectivity index (χ4n) is 3.08. The molecular weight excluding hydrogens is 456 g/mol. The van der Waals surface area contributed by atoms with Gasteiger partial charge in [-0.2, -0.15) is 0 Å². The molecule has 3 aromatic rings. The van der Waals surface area contributed by atoms with Crippen molar-refractivity contribution in [2.24, 2.45) is 0 Å². The number of nitrogens with zero attached hydrogens (tertiary/aromatic N) is 1. The number of hydrogen-bond donors (Lipinski definition) is 1. The number of aromatic nitrogens is 1. The summed E-state index contributed by atoms with van der Waals surface area (Å²) >= 11 is 7.47. The Bertz CT molecular complexity index is 1110. The van der Waals surface area contributed by atoms with Crippen LogP contribution in [0.3, 0.4) is 0 Å². The molecule has 0 saturated heterocycles. The molecule has 0 aliphatic carbocycles. The van der Waals surface area contributed by atoms with Crippen LogP contribution in [-0.2, 0) is 38.8 Å². The molecule has 0 atom stereocenters. The molecule has 1 aromatic carbocycles. The molecule has 0 aliphatic rings. The number of aryl methyl sites for hydroxylation is 1. The molecule has 3 rings (SSSR count). The first-order valence-electron chi connectivity index (χ1n) is 9.69. The fraction of sp³-hybridized carbons (Fsp3) is 0.273. The number of hydrogen-bond acceptors (Lipinski definition) is 6. The van der Waals surface area contributed by atoms with Crippen LogP contribution < -0.4 is 4.72 Å². The van der Waals surface area contributed by atoms with Crippen molar-refractivity contribution in [2.75, 3.05) is 13.7 Å². The van der Waals surface area contributed by atoms with Crippen molar-refractivity contribution in [2.45, 2.75) is 30.6 Å². The van der Waals surface area contributed by atoms with Gasteiger partial charge in [-0.05, 0) is 60.4 Å². The van der Waals surface area contributed by atoms with Crippen LogP contribution in [0.4, 0.5) is 0 Å². The molecule has 31 heavy (non-hydrogen) atoms. The normalized spacial score (nSPS) is 11.4. The number of benzene rings is 1. The van der Waals surface area contributed by atoms with Crippen LogP contribution in [-0.4, -0.2) is 33.0 Å². The van der Waals surface area contributed by atoms with Gasteiger partial charge in [0.2, 0.25) is 10.0 Å². The zero-order valence-corrected chi connectivity index (χ0v) is 19.4. The number of pyridine rings is 1. The number of methoxy groups -OCH3 is 1. The van der Waals surface area contributed by atoms with E-state index in [1.54, 1.807) is 29.7 Å². The lowest BCUT2D eigenvalue weighted by atomic mass is 10.1. The van der Waals surface area contributed by atoms with Crippen molar-refractivity contribution in [3.05, 3.63) is 80.8 Å². The van der Waals surface area contributed by atoms with E-state index in [0.29, 0.717) is 17.9 Å². The molecule has 164 valence electrons. The standard InChI is InChI=1S/C22H23ClN2O4S2/c1-29-22(26)9-8-21-17(14-19(30-21)13-16-3-2-11-24-15-16)10-12-25-31(27,28)20-6-4-18(23)5-7-20/h2-7,11,14-15,25H,8-10,12-13H2,1H3. The van der Waals surface area contributed by atoms with Gasteiger partial charge in [0, 0.05) is 40.1 Å². The highest BCUT2D eigenvalue weighted by Crippen LogP contribution is 2.27. The van der Waals surface area contributed by atoms with Gasteiger partial charge in [-0.15, -0.1) is 11.3 Å². The van der Waals surface area contributed by atoms with Crippen LogP contribution in [0.1, 0.15) is 27.3 Å². The van der Waals surface area contributed by atoms with Gasteiger partial charge in [0.05, 0.1) is 18.4 Å². The number of nitrogens with one attached hydrogen (secondary N) is 1. The third kappa shape index (κ3) is 6.87. The van der Waals surface area contributed by atoms with Gasteiger partial charge in [0.15, 0.2) is 0 Å². The minimum Gasteiger partial charge on any atom is -0.469 e. The van der Waals surface area contributed by atoms with Gasteiger partial charge in [-0.1, -0.05) is 17.7 Å². The maximum absolute atomic E-state index is 12.5. The summed E-state index contributed by atoms with van der Waals surface area (Å²) in [6.45, 7) is 0.249. The molecule has 0 fully saturated rings. The average molecular weight is 479 g/mol. The molecule has 0 aliphatic heterocycles. The van der Waals surface area contributed by atoms with Gasteiger partial charge >= 0.3 is 5.97 Å². The van der Waals surface area contributed by atoms with E-state index >= 15 is 0 Å². The van der Waals surface area contributed by atoms with Gasteiger partial charge < -0.3 is 4.74 Å². The van der Waals surface area contributed by atoms with Crippen molar-refractivity contribution >= 4 is 38.9 Å². The zero-order valence-electron chi connectivity index (χ0n) is 17.0. The van der Waals surface area contributed by atoms with E-state index in [-0.39, 0.29) is 23.8 Å². The second kappa shape index (κ2) is 10.9. The molecule has 0 bridgehead atoms. The number of ether oxygens (including phenoxy) is 1. The lowest BCUT2D eigenvalue weighted by Crippen LogP contribution is -2.26. The fourth-order valence-corrected chi connectivity index (χ4v) is 5.49. The lowest BCUT2D eigenvalue weighted by molar-refractivity contribution is -0.140. The molecule has 0 amide bonds. The largest absolute Gasteiger partial charge is 0.469 e. The maximum atomic E-state index is 12.5. The van der Waals surface area contributed by atoms with E-state index < -0.39 is 10.0 Å². The summed E-state index contributed by atoms with van der Waals surface area (Å²) in [6.07, 6.45) is 5.66. The quantitative estimate of drug-likeness (QED) is 0.445. The number of carbonyl (C=O) groups excluding carboxylic acids is 1. The summed E-state index contributed by atoms with van der Waals surface area (Å²) in [4.78, 5) is 18.1. The summed E-state index contributed by atoms with van der Waals surface area (Å²) in [6, 6.07) is 12.0. The molecule has 0 unspecified atom stereocenters. The van der Waals surface area contributed by atoms with Crippen LogP contribution in [0.2, 0.25) is 5.02 Å². The van der Waals surface area contributed by atoms with Crippen molar-refractivity contribution in [1.82, 2.24) is 9.71 Å². The van der Waals surface area contributed by atoms with E-state index in [0.717, 1.165) is 27.3 Å². The van der Waals surface area contributed by atoms with E-state index in [2.05, 4.69) is 15.8 Å². The predicted molar refractivity (Wildman–Crippen MR) is 122 cm³/mol. The summed E-state index contributed by atoms with van der Waals surface area (Å²) in [5.74, 6) is -0.267. The number of thiophene rings is 1. The van der Waals surface area contributed by atoms with Crippen LogP contribution in [0.15, 0.2) is 59.8 Å². The Morgan fingerprint density at radius 3 is 2.65 bits per heavy atom. The number of rotatable bonds is 10. The lowest BCUT2D eigenvalue weighted by Gasteiger charge is -2.07. The highest BCUT2D eigenvalue weighted by molar-refractivity contribution is 7.89. The Morgan fingerprint density at radius 2 is 1.97 bits per heavy atom. The molecule has 2 aromatic heterocycles. The zero-order chi connectivity index (χ0) is 22.3. The van der Waals surface area contributed by atoms with E-state index in [1.807, 2.05) is 18.3 Å². The van der Waals surface area contributed by atoms with Crippen LogP contribution in [0.25, 0.3) is 0 Å². The Labute approximate surface area is 191 Å². The van der Waals surface area contributed by atoms with E-state index in [1.165, 1.54) is 19.2 Å². The Balaban J connectivity index is 1.70. The van der Waals surface area contributed by atoms with Gasteiger partial charge in [0.1, 0.15) is 0 Å². The third-order valence-corrected chi connectivity index (χ3v) is 7.61. The van der Waals surface area contributed by atoms with Gasteiger partial charge in [-0.25, -0.2) is 13.1 Å². The first-order valence-corrected chi connectivity index (χ1v) is 12.4. The minimum absolute atomic E-state index is 0.172. The number of carbonyl (C=O) groups is 1. The summed E-state index contributed by atoms with van der Waals surface area (Å²) < 4.78 is 32.4. The van der Waals surface area contributed by atoms with E-state index in [4.69, 9.17) is 16.3 Å². The van der Waals surface area contributed by atoms with E-state index in [9.17, 15) is 13.2 Å². The summed E-state index contributed by atoms with van der Waals surface area (Å²) in [5, 5.41) is 0.480. The van der Waals surface area contributed by atoms with Crippen molar-refractivity contribution in [1.29, 1.82) is 0 Å². The smallest absolute Gasteiger partial charge is 0.305 e. The molecule has 0 radical (unpaired) electrons. The molecular formula is C22H23ClN2O4S2. The highest BCUT2D eigenvalue weighted by Gasteiger charge is 2.16. The van der Waals surface area contributed by atoms with Crippen molar-refractivity contribution in [3.8, 4) is 0 Å². The van der Waals surface area contributed by atoms with Gasteiger partial charge in [0.25, 0.3) is 0 Å². The molecule has 0 spiro atoms. The molecule has 6 nitrogen and oxygen atoms in total. The maximum Gasteiger partial charge on any atom is 0.305 e. The predicted octanol–water partition coefficient (Wildman–Crippen LogP) is 4.01. The Kier molecular flexibility index (Phi) is 8.20. The number of halogens is 1. The molecule has 9 heteroatoms. The monoisotopic (exact) mass is 478 g/mol. The summed E-state index contributed by atoms with van der Waals surface area (Å²) in [5.41, 5.74) is 2.13. The Hall–Kier alpha value is -2.26. The number of esters is 1. The molecule has 0 saturated carbocycles. The number of sulfonamides is 1. The van der Waals surface area contributed by atoms with Crippen LogP contribution >= 0.6 is 22.9 Å².